The van der Waals surface area contributed by atoms with E-state index in [0.717, 1.165) is 12.8 Å². The minimum atomic E-state index is -0.358. The van der Waals surface area contributed by atoms with Crippen molar-refractivity contribution in [1.82, 2.24) is 4.90 Å². The van der Waals surface area contributed by atoms with Gasteiger partial charge < -0.3 is 0 Å². The lowest BCUT2D eigenvalue weighted by atomic mass is 10.1. The van der Waals surface area contributed by atoms with Crippen LogP contribution in [-0.2, 0) is 9.59 Å². The summed E-state index contributed by atoms with van der Waals surface area (Å²) in [6.45, 7) is 4.39. The molecule has 1 aromatic carbocycles. The molecular formula is C16H18FNO2S. The summed E-state index contributed by atoms with van der Waals surface area (Å²) in [7, 11) is 0. The van der Waals surface area contributed by atoms with Gasteiger partial charge in [0.1, 0.15) is 5.82 Å². The number of amides is 2. The van der Waals surface area contributed by atoms with E-state index in [1.165, 1.54) is 28.8 Å². The van der Waals surface area contributed by atoms with Gasteiger partial charge in [-0.1, -0.05) is 32.4 Å². The van der Waals surface area contributed by atoms with Crippen molar-refractivity contribution in [2.75, 3.05) is 12.3 Å². The molecule has 21 heavy (non-hydrogen) atoms. The monoisotopic (exact) mass is 307 g/mol. The summed E-state index contributed by atoms with van der Waals surface area (Å²) < 4.78 is 13.1. The molecular weight excluding hydrogens is 289 g/mol. The van der Waals surface area contributed by atoms with Crippen LogP contribution in [0.1, 0.15) is 32.3 Å². The summed E-state index contributed by atoms with van der Waals surface area (Å²) in [5, 5.41) is 0. The third-order valence-corrected chi connectivity index (χ3v) is 4.24. The Hall–Kier alpha value is -1.62. The van der Waals surface area contributed by atoms with Gasteiger partial charge in [-0.2, -0.15) is 0 Å². The van der Waals surface area contributed by atoms with Gasteiger partial charge in [-0.3, -0.25) is 14.5 Å². The Balaban J connectivity index is 2.40. The lowest BCUT2D eigenvalue weighted by Crippen LogP contribution is -2.32. The van der Waals surface area contributed by atoms with Crippen molar-refractivity contribution < 1.29 is 14.0 Å². The summed E-state index contributed by atoms with van der Waals surface area (Å²) in [5.74, 6) is -0.139. The predicted octanol–water partition coefficient (Wildman–Crippen LogP) is 3.46. The summed E-state index contributed by atoms with van der Waals surface area (Å²) >= 11 is 1.37. The first-order chi connectivity index (χ1) is 10.1. The maximum atomic E-state index is 13.1. The van der Waals surface area contributed by atoms with Crippen LogP contribution in [0, 0.1) is 5.82 Å². The van der Waals surface area contributed by atoms with Crippen LogP contribution in [0.4, 0.5) is 4.39 Å². The number of rotatable bonds is 6. The lowest BCUT2D eigenvalue weighted by molar-refractivity contribution is -0.136. The van der Waals surface area contributed by atoms with E-state index in [9.17, 15) is 14.0 Å². The zero-order valence-electron chi connectivity index (χ0n) is 12.2. The highest BCUT2D eigenvalue weighted by atomic mass is 32.2. The average Bonchev–Trinajstić information content (AvgIpc) is 2.70. The molecule has 0 fully saturated rings. The molecule has 112 valence electrons. The highest BCUT2D eigenvalue weighted by Crippen LogP contribution is 2.36. The number of imide groups is 1. The zero-order valence-corrected chi connectivity index (χ0v) is 13.0. The van der Waals surface area contributed by atoms with E-state index in [0.29, 0.717) is 28.3 Å². The molecule has 0 aliphatic carbocycles. The molecule has 0 N–H and O–H groups in total. The van der Waals surface area contributed by atoms with E-state index in [4.69, 9.17) is 0 Å². The molecule has 0 radical (unpaired) electrons. The van der Waals surface area contributed by atoms with Gasteiger partial charge in [0, 0.05) is 6.54 Å². The summed E-state index contributed by atoms with van der Waals surface area (Å²) in [6, 6.07) is 5.72. The van der Waals surface area contributed by atoms with Crippen LogP contribution in [0.2, 0.25) is 0 Å². The first kappa shape index (κ1) is 15.8. The fourth-order valence-electron chi connectivity index (χ4n) is 2.22. The van der Waals surface area contributed by atoms with Crippen molar-refractivity contribution in [3.63, 3.8) is 0 Å². The Bertz CT molecular complexity index is 580. The number of thioether (sulfide) groups is 1. The molecule has 0 spiro atoms. The highest BCUT2D eigenvalue weighted by molar-refractivity contribution is 8.04. The summed E-state index contributed by atoms with van der Waals surface area (Å²) in [6.07, 6.45) is 1.71. The molecule has 1 heterocycles. The van der Waals surface area contributed by atoms with E-state index in [1.54, 1.807) is 12.1 Å². The fourth-order valence-corrected chi connectivity index (χ4v) is 3.09. The second-order valence-corrected chi connectivity index (χ2v) is 6.03. The number of nitrogens with zero attached hydrogens (tertiary/aromatic N) is 1. The third-order valence-electron chi connectivity index (χ3n) is 3.28. The van der Waals surface area contributed by atoms with Gasteiger partial charge in [0.25, 0.3) is 11.8 Å². The second kappa shape index (κ2) is 6.89. The SMILES string of the molecule is CCCCN1C(=O)C(SCC)=C(c2ccc(F)cc2)C1=O. The maximum absolute atomic E-state index is 13.1. The van der Waals surface area contributed by atoms with Gasteiger partial charge in [0.05, 0.1) is 10.5 Å². The predicted molar refractivity (Wildman–Crippen MR) is 83.1 cm³/mol. The Labute approximate surface area is 128 Å². The Kier molecular flexibility index (Phi) is 5.17. The topological polar surface area (TPSA) is 37.4 Å². The van der Waals surface area contributed by atoms with Crippen LogP contribution in [0.15, 0.2) is 29.2 Å². The normalized spacial score (nSPS) is 15.3. The van der Waals surface area contributed by atoms with Crippen LogP contribution >= 0.6 is 11.8 Å². The molecule has 2 rings (SSSR count). The molecule has 0 bridgehead atoms. The van der Waals surface area contributed by atoms with Crippen molar-refractivity contribution in [1.29, 1.82) is 0 Å². The first-order valence-corrected chi connectivity index (χ1v) is 8.07. The summed E-state index contributed by atoms with van der Waals surface area (Å²) in [4.78, 5) is 26.7. The number of hydrogen-bond donors (Lipinski definition) is 0. The number of unbranched alkanes of at least 4 members (excludes halogenated alkanes) is 1. The molecule has 1 aromatic rings. The minimum absolute atomic E-state index is 0.223. The number of benzene rings is 1. The van der Waals surface area contributed by atoms with Crippen molar-refractivity contribution in [3.05, 3.63) is 40.6 Å². The standard InChI is InChI=1S/C16H18FNO2S/c1-3-5-10-18-15(19)13(14(16(18)20)21-4-2)11-6-8-12(17)9-7-11/h6-9H,3-5,10H2,1-2H3. The number of halogens is 1. The van der Waals surface area contributed by atoms with E-state index >= 15 is 0 Å². The highest BCUT2D eigenvalue weighted by Gasteiger charge is 2.38. The molecule has 0 unspecified atom stereocenters. The van der Waals surface area contributed by atoms with Gasteiger partial charge in [-0.05, 0) is 29.9 Å². The quantitative estimate of drug-likeness (QED) is 0.755. The Morgan fingerprint density at radius 2 is 1.76 bits per heavy atom. The largest absolute Gasteiger partial charge is 0.274 e. The molecule has 2 amide bonds. The first-order valence-electron chi connectivity index (χ1n) is 7.09. The van der Waals surface area contributed by atoms with Crippen LogP contribution in [-0.4, -0.2) is 29.0 Å². The van der Waals surface area contributed by atoms with Crippen molar-refractivity contribution in [2.45, 2.75) is 26.7 Å². The van der Waals surface area contributed by atoms with Crippen molar-refractivity contribution >= 4 is 29.1 Å². The average molecular weight is 307 g/mol. The minimum Gasteiger partial charge on any atom is -0.274 e. The van der Waals surface area contributed by atoms with E-state index in [-0.39, 0.29) is 17.6 Å². The third kappa shape index (κ3) is 3.18. The number of hydrogen-bond acceptors (Lipinski definition) is 3. The molecule has 1 aliphatic rings. The van der Waals surface area contributed by atoms with Crippen LogP contribution in [0.25, 0.3) is 5.57 Å². The molecule has 5 heteroatoms. The van der Waals surface area contributed by atoms with Crippen molar-refractivity contribution in [3.8, 4) is 0 Å². The molecule has 1 aliphatic heterocycles. The van der Waals surface area contributed by atoms with Gasteiger partial charge in [-0.25, -0.2) is 4.39 Å². The second-order valence-electron chi connectivity index (χ2n) is 4.76. The summed E-state index contributed by atoms with van der Waals surface area (Å²) in [5.41, 5.74) is 1.01. The molecule has 0 saturated carbocycles. The maximum Gasteiger partial charge on any atom is 0.267 e. The fraction of sp³-hybridized carbons (Fsp3) is 0.375. The molecule has 0 saturated heterocycles. The van der Waals surface area contributed by atoms with Crippen LogP contribution in [0.5, 0.6) is 0 Å². The number of carbonyl (C=O) groups excluding carboxylic acids is 2. The van der Waals surface area contributed by atoms with Gasteiger partial charge in [0.2, 0.25) is 0 Å². The van der Waals surface area contributed by atoms with E-state index < -0.39 is 0 Å². The lowest BCUT2D eigenvalue weighted by Gasteiger charge is -2.14. The Morgan fingerprint density at radius 3 is 2.33 bits per heavy atom. The zero-order chi connectivity index (χ0) is 15.4. The molecule has 0 aromatic heterocycles. The number of carbonyl (C=O) groups is 2. The molecule has 0 atom stereocenters. The van der Waals surface area contributed by atoms with Crippen molar-refractivity contribution in [2.24, 2.45) is 0 Å². The van der Waals surface area contributed by atoms with Gasteiger partial charge in [0.15, 0.2) is 0 Å². The smallest absolute Gasteiger partial charge is 0.267 e. The van der Waals surface area contributed by atoms with Crippen LogP contribution < -0.4 is 0 Å². The van der Waals surface area contributed by atoms with Gasteiger partial charge >= 0.3 is 0 Å². The van der Waals surface area contributed by atoms with E-state index in [2.05, 4.69) is 0 Å². The van der Waals surface area contributed by atoms with E-state index in [1.807, 2.05) is 13.8 Å². The van der Waals surface area contributed by atoms with Crippen LogP contribution in [0.3, 0.4) is 0 Å². The van der Waals surface area contributed by atoms with Gasteiger partial charge in [-0.15, -0.1) is 11.8 Å². The Morgan fingerprint density at radius 1 is 1.10 bits per heavy atom. The molecule has 3 nitrogen and oxygen atoms in total.